The highest BCUT2D eigenvalue weighted by atomic mass is 32.2. The SMILES string of the molecule is CNc1nnc(S[C@H](C)C(=O)c2ccc3c(c2)CCN3C(C)=O)s1. The summed E-state index contributed by atoms with van der Waals surface area (Å²) < 4.78 is 0.768. The molecule has 0 aliphatic carbocycles. The number of nitrogens with one attached hydrogen (secondary N) is 1. The fourth-order valence-corrected chi connectivity index (χ4v) is 4.61. The van der Waals surface area contributed by atoms with Crippen molar-refractivity contribution in [1.82, 2.24) is 10.2 Å². The highest BCUT2D eigenvalue weighted by molar-refractivity contribution is 8.02. The van der Waals surface area contributed by atoms with E-state index in [0.29, 0.717) is 12.1 Å². The number of Topliss-reactive ketones (excluding diaryl/α,β-unsaturated/α-hetero) is 1. The van der Waals surface area contributed by atoms with Gasteiger partial charge in [-0.3, -0.25) is 9.59 Å². The van der Waals surface area contributed by atoms with Crippen LogP contribution in [-0.2, 0) is 11.2 Å². The van der Waals surface area contributed by atoms with E-state index in [9.17, 15) is 9.59 Å². The van der Waals surface area contributed by atoms with Crippen LogP contribution in [0.4, 0.5) is 10.8 Å². The molecule has 0 bridgehead atoms. The van der Waals surface area contributed by atoms with E-state index >= 15 is 0 Å². The number of ketones is 1. The molecule has 1 atom stereocenters. The molecule has 1 aliphatic rings. The molecule has 2 heterocycles. The van der Waals surface area contributed by atoms with Crippen LogP contribution in [0.2, 0.25) is 0 Å². The second-order valence-corrected chi connectivity index (χ2v) is 8.08. The molecule has 0 saturated carbocycles. The van der Waals surface area contributed by atoms with Gasteiger partial charge >= 0.3 is 0 Å². The molecule has 0 spiro atoms. The van der Waals surface area contributed by atoms with E-state index in [1.807, 2.05) is 19.1 Å². The van der Waals surface area contributed by atoms with Gasteiger partial charge in [-0.15, -0.1) is 10.2 Å². The second-order valence-electron chi connectivity index (χ2n) is 5.51. The van der Waals surface area contributed by atoms with Crippen LogP contribution in [0, 0.1) is 0 Å². The zero-order valence-corrected chi connectivity index (χ0v) is 15.3. The number of carbonyl (C=O) groups is 2. The van der Waals surface area contributed by atoms with Gasteiger partial charge in [-0.05, 0) is 37.1 Å². The Hall–Kier alpha value is -1.93. The van der Waals surface area contributed by atoms with Gasteiger partial charge in [-0.1, -0.05) is 23.1 Å². The summed E-state index contributed by atoms with van der Waals surface area (Å²) in [6, 6.07) is 5.59. The van der Waals surface area contributed by atoms with Crippen LogP contribution in [0.1, 0.15) is 29.8 Å². The van der Waals surface area contributed by atoms with Crippen molar-refractivity contribution in [3.63, 3.8) is 0 Å². The Morgan fingerprint density at radius 3 is 2.83 bits per heavy atom. The number of aromatic nitrogens is 2. The Morgan fingerprint density at radius 1 is 1.38 bits per heavy atom. The molecule has 126 valence electrons. The molecular weight excluding hydrogens is 344 g/mol. The number of fused-ring (bicyclic) bond motifs is 1. The van der Waals surface area contributed by atoms with Gasteiger partial charge in [0.1, 0.15) is 0 Å². The number of hydrogen-bond acceptors (Lipinski definition) is 7. The minimum Gasteiger partial charge on any atom is -0.363 e. The lowest BCUT2D eigenvalue weighted by Gasteiger charge is -2.15. The third kappa shape index (κ3) is 3.29. The van der Waals surface area contributed by atoms with E-state index in [1.165, 1.54) is 23.1 Å². The van der Waals surface area contributed by atoms with Crippen molar-refractivity contribution < 1.29 is 9.59 Å². The summed E-state index contributed by atoms with van der Waals surface area (Å²) in [5, 5.41) is 11.5. The van der Waals surface area contributed by atoms with Gasteiger partial charge in [0, 0.05) is 31.8 Å². The predicted molar refractivity (Wildman–Crippen MR) is 97.3 cm³/mol. The second kappa shape index (κ2) is 6.90. The molecule has 2 aromatic rings. The van der Waals surface area contributed by atoms with E-state index < -0.39 is 0 Å². The monoisotopic (exact) mass is 362 g/mol. The molecule has 1 aliphatic heterocycles. The van der Waals surface area contributed by atoms with E-state index in [-0.39, 0.29) is 16.9 Å². The maximum Gasteiger partial charge on any atom is 0.223 e. The Bertz CT molecular complexity index is 790. The molecule has 24 heavy (non-hydrogen) atoms. The van der Waals surface area contributed by atoms with Crippen LogP contribution in [0.3, 0.4) is 0 Å². The highest BCUT2D eigenvalue weighted by Crippen LogP contribution is 2.32. The number of carbonyl (C=O) groups excluding carboxylic acids is 2. The van der Waals surface area contributed by atoms with Crippen LogP contribution in [-0.4, -0.2) is 40.7 Å². The Labute approximate surface area is 148 Å². The molecule has 0 unspecified atom stereocenters. The molecule has 0 radical (unpaired) electrons. The average molecular weight is 362 g/mol. The van der Waals surface area contributed by atoms with Crippen molar-refractivity contribution in [2.45, 2.75) is 29.9 Å². The normalized spacial score (nSPS) is 14.4. The molecule has 1 amide bonds. The average Bonchev–Trinajstić information content (AvgIpc) is 3.19. The van der Waals surface area contributed by atoms with E-state index in [0.717, 1.165) is 27.1 Å². The molecule has 3 rings (SSSR count). The number of thioether (sulfide) groups is 1. The summed E-state index contributed by atoms with van der Waals surface area (Å²) in [5.41, 5.74) is 2.65. The summed E-state index contributed by atoms with van der Waals surface area (Å²) >= 11 is 2.84. The van der Waals surface area contributed by atoms with Crippen molar-refractivity contribution in [2.24, 2.45) is 0 Å². The van der Waals surface area contributed by atoms with Crippen LogP contribution >= 0.6 is 23.1 Å². The molecule has 1 N–H and O–H groups in total. The fourth-order valence-electron chi connectivity index (χ4n) is 2.68. The first-order valence-corrected chi connectivity index (χ1v) is 9.32. The minimum absolute atomic E-state index is 0.0355. The molecule has 1 aromatic heterocycles. The van der Waals surface area contributed by atoms with Gasteiger partial charge in [0.05, 0.1) is 5.25 Å². The van der Waals surface area contributed by atoms with Crippen molar-refractivity contribution in [3.05, 3.63) is 29.3 Å². The van der Waals surface area contributed by atoms with Crippen molar-refractivity contribution in [2.75, 3.05) is 23.8 Å². The van der Waals surface area contributed by atoms with Gasteiger partial charge in [-0.2, -0.15) is 0 Å². The maximum atomic E-state index is 12.7. The maximum absolute atomic E-state index is 12.7. The van der Waals surface area contributed by atoms with Crippen molar-refractivity contribution in [1.29, 1.82) is 0 Å². The summed E-state index contributed by atoms with van der Waals surface area (Å²) in [5.74, 6) is 0.0960. The first kappa shape index (κ1) is 16.9. The smallest absolute Gasteiger partial charge is 0.223 e. The first-order valence-electron chi connectivity index (χ1n) is 7.62. The number of benzene rings is 1. The van der Waals surface area contributed by atoms with Crippen molar-refractivity contribution in [3.8, 4) is 0 Å². The van der Waals surface area contributed by atoms with E-state index in [1.54, 1.807) is 24.9 Å². The van der Waals surface area contributed by atoms with Gasteiger partial charge in [0.25, 0.3) is 0 Å². The topological polar surface area (TPSA) is 75.2 Å². The quantitative estimate of drug-likeness (QED) is 0.651. The van der Waals surface area contributed by atoms with E-state index in [2.05, 4.69) is 15.5 Å². The summed E-state index contributed by atoms with van der Waals surface area (Å²) in [7, 11) is 1.79. The standard InChI is InChI=1S/C16H18N4O2S2/c1-9(23-16-19-18-15(17-3)24-16)14(22)12-4-5-13-11(8-12)6-7-20(13)10(2)21/h4-5,8-9H,6-7H2,1-3H3,(H,17,18)/t9-/m1/s1. The lowest BCUT2D eigenvalue weighted by atomic mass is 10.0. The highest BCUT2D eigenvalue weighted by Gasteiger charge is 2.25. The summed E-state index contributed by atoms with van der Waals surface area (Å²) in [4.78, 5) is 26.0. The van der Waals surface area contributed by atoms with Crippen LogP contribution in [0.5, 0.6) is 0 Å². The molecule has 0 fully saturated rings. The largest absolute Gasteiger partial charge is 0.363 e. The third-order valence-corrected chi connectivity index (χ3v) is 6.03. The Kier molecular flexibility index (Phi) is 4.86. The van der Waals surface area contributed by atoms with Gasteiger partial charge in [0.2, 0.25) is 11.0 Å². The molecule has 6 nitrogen and oxygen atoms in total. The molecule has 0 saturated heterocycles. The lowest BCUT2D eigenvalue weighted by Crippen LogP contribution is -2.25. The number of hydrogen-bond donors (Lipinski definition) is 1. The zero-order chi connectivity index (χ0) is 17.3. The third-order valence-electron chi connectivity index (χ3n) is 3.91. The van der Waals surface area contributed by atoms with Crippen molar-refractivity contribution >= 4 is 45.6 Å². The molecule has 1 aromatic carbocycles. The zero-order valence-electron chi connectivity index (χ0n) is 13.7. The summed E-state index contributed by atoms with van der Waals surface area (Å²) in [6.45, 7) is 4.13. The predicted octanol–water partition coefficient (Wildman–Crippen LogP) is 2.85. The Morgan fingerprint density at radius 2 is 2.17 bits per heavy atom. The fraction of sp³-hybridized carbons (Fsp3) is 0.375. The van der Waals surface area contributed by atoms with Crippen LogP contribution < -0.4 is 10.2 Å². The first-order chi connectivity index (χ1) is 11.5. The van der Waals surface area contributed by atoms with Gasteiger partial charge in [0.15, 0.2) is 10.1 Å². The Balaban J connectivity index is 1.74. The van der Waals surface area contributed by atoms with Gasteiger partial charge < -0.3 is 10.2 Å². The number of anilines is 2. The number of nitrogens with zero attached hydrogens (tertiary/aromatic N) is 3. The molecule has 8 heteroatoms. The van der Waals surface area contributed by atoms with Gasteiger partial charge in [-0.25, -0.2) is 0 Å². The van der Waals surface area contributed by atoms with E-state index in [4.69, 9.17) is 0 Å². The number of amides is 1. The van der Waals surface area contributed by atoms with Crippen LogP contribution in [0.15, 0.2) is 22.5 Å². The molecular formula is C16H18N4O2S2. The lowest BCUT2D eigenvalue weighted by molar-refractivity contribution is -0.116. The van der Waals surface area contributed by atoms with Crippen LogP contribution in [0.25, 0.3) is 0 Å². The number of rotatable bonds is 5. The minimum atomic E-state index is -0.244. The summed E-state index contributed by atoms with van der Waals surface area (Å²) in [6.07, 6.45) is 0.791.